The Balaban J connectivity index is 1.95. The molecule has 1 aliphatic rings. The zero-order valence-electron chi connectivity index (χ0n) is 10.8. The average Bonchev–Trinajstić information content (AvgIpc) is 3.25. The number of rotatable bonds is 6. The lowest BCUT2D eigenvalue weighted by Crippen LogP contribution is -2.35. The summed E-state index contributed by atoms with van der Waals surface area (Å²) in [5.74, 6) is -5.26. The fourth-order valence-corrected chi connectivity index (χ4v) is 2.75. The van der Waals surface area contributed by atoms with E-state index in [1.165, 1.54) is 0 Å². The minimum absolute atomic E-state index is 0.00903. The Morgan fingerprint density at radius 3 is 2.43 bits per heavy atom. The van der Waals surface area contributed by atoms with E-state index in [4.69, 9.17) is 0 Å². The number of carbonyl (C=O) groups excluding carboxylic acids is 1. The van der Waals surface area contributed by atoms with Crippen LogP contribution in [0.1, 0.15) is 12.8 Å². The molecule has 2 rings (SSSR count). The van der Waals surface area contributed by atoms with Crippen LogP contribution in [0, 0.1) is 23.4 Å². The van der Waals surface area contributed by atoms with Crippen molar-refractivity contribution in [3.05, 3.63) is 29.6 Å². The Labute approximate surface area is 119 Å². The normalized spacial score (nSPS) is 15.0. The van der Waals surface area contributed by atoms with Crippen molar-refractivity contribution in [2.75, 3.05) is 13.1 Å². The first-order valence-electron chi connectivity index (χ1n) is 6.24. The molecular formula is C12H13F3N2O3S. The molecule has 0 heterocycles. The molecule has 0 bridgehead atoms. The van der Waals surface area contributed by atoms with Gasteiger partial charge in [0, 0.05) is 19.0 Å². The van der Waals surface area contributed by atoms with Crippen LogP contribution in [0.2, 0.25) is 0 Å². The lowest BCUT2D eigenvalue weighted by molar-refractivity contribution is -0.122. The first-order valence-corrected chi connectivity index (χ1v) is 7.72. The summed E-state index contributed by atoms with van der Waals surface area (Å²) in [7, 11) is -4.32. The number of sulfonamides is 1. The molecular weight excluding hydrogens is 309 g/mol. The Kier molecular flexibility index (Phi) is 4.52. The second-order valence-electron chi connectivity index (χ2n) is 4.64. The van der Waals surface area contributed by atoms with Crippen LogP contribution in [-0.2, 0) is 14.8 Å². The van der Waals surface area contributed by atoms with Crippen LogP contribution in [0.5, 0.6) is 0 Å². The standard InChI is InChI=1S/C12H13F3N2O3S/c13-8-3-4-9(11(15)10(8)14)21(19,20)17-6-5-16-12(18)7-1-2-7/h3-4,7,17H,1-2,5-6H2,(H,16,18). The molecule has 2 N–H and O–H groups in total. The fraction of sp³-hybridized carbons (Fsp3) is 0.417. The number of hydrogen-bond donors (Lipinski definition) is 2. The number of hydrogen-bond acceptors (Lipinski definition) is 3. The SMILES string of the molecule is O=C(NCCNS(=O)(=O)c1ccc(F)c(F)c1F)C1CC1. The summed E-state index contributed by atoms with van der Waals surface area (Å²) in [6.07, 6.45) is 1.63. The Hall–Kier alpha value is -1.61. The van der Waals surface area contributed by atoms with E-state index in [2.05, 4.69) is 5.32 Å². The van der Waals surface area contributed by atoms with Crippen molar-refractivity contribution in [3.63, 3.8) is 0 Å². The van der Waals surface area contributed by atoms with E-state index in [0.717, 1.165) is 12.8 Å². The third-order valence-corrected chi connectivity index (χ3v) is 4.43. The number of halogens is 3. The lowest BCUT2D eigenvalue weighted by atomic mass is 10.3. The van der Waals surface area contributed by atoms with E-state index in [9.17, 15) is 26.4 Å². The highest BCUT2D eigenvalue weighted by Crippen LogP contribution is 2.28. The maximum absolute atomic E-state index is 13.4. The van der Waals surface area contributed by atoms with Gasteiger partial charge in [0.05, 0.1) is 0 Å². The topological polar surface area (TPSA) is 75.3 Å². The molecule has 1 aromatic rings. The van der Waals surface area contributed by atoms with Gasteiger partial charge in [-0.1, -0.05) is 0 Å². The van der Waals surface area contributed by atoms with Crippen molar-refractivity contribution in [2.45, 2.75) is 17.7 Å². The number of amides is 1. The fourth-order valence-electron chi connectivity index (χ4n) is 1.65. The molecule has 116 valence electrons. The van der Waals surface area contributed by atoms with Crippen molar-refractivity contribution in [1.29, 1.82) is 0 Å². The maximum atomic E-state index is 13.4. The molecule has 1 fully saturated rings. The van der Waals surface area contributed by atoms with Crippen LogP contribution in [0.3, 0.4) is 0 Å². The molecule has 0 saturated heterocycles. The monoisotopic (exact) mass is 322 g/mol. The molecule has 0 atom stereocenters. The Bertz CT molecular complexity index is 660. The number of benzene rings is 1. The van der Waals surface area contributed by atoms with Crippen LogP contribution in [0.15, 0.2) is 17.0 Å². The molecule has 1 saturated carbocycles. The van der Waals surface area contributed by atoms with E-state index in [-0.39, 0.29) is 24.9 Å². The van der Waals surface area contributed by atoms with Gasteiger partial charge >= 0.3 is 0 Å². The van der Waals surface area contributed by atoms with E-state index in [1.807, 2.05) is 4.72 Å². The van der Waals surface area contributed by atoms with Crippen LogP contribution in [0.25, 0.3) is 0 Å². The molecule has 0 aromatic heterocycles. The van der Waals surface area contributed by atoms with Gasteiger partial charge in [0.2, 0.25) is 15.9 Å². The highest BCUT2D eigenvalue weighted by atomic mass is 32.2. The third-order valence-electron chi connectivity index (χ3n) is 2.95. The second-order valence-corrected chi connectivity index (χ2v) is 6.37. The van der Waals surface area contributed by atoms with Crippen LogP contribution in [-0.4, -0.2) is 27.4 Å². The molecule has 1 amide bonds. The first kappa shape index (κ1) is 15.8. The minimum atomic E-state index is -4.32. The van der Waals surface area contributed by atoms with Gasteiger partial charge in [-0.05, 0) is 25.0 Å². The quantitative estimate of drug-likeness (QED) is 0.604. The van der Waals surface area contributed by atoms with E-state index < -0.39 is 32.4 Å². The van der Waals surface area contributed by atoms with E-state index >= 15 is 0 Å². The van der Waals surface area contributed by atoms with Crippen molar-refractivity contribution < 1.29 is 26.4 Å². The maximum Gasteiger partial charge on any atom is 0.243 e. The molecule has 21 heavy (non-hydrogen) atoms. The minimum Gasteiger partial charge on any atom is -0.355 e. The molecule has 1 aromatic carbocycles. The summed E-state index contributed by atoms with van der Waals surface area (Å²) < 4.78 is 64.7. The molecule has 0 spiro atoms. The molecule has 0 unspecified atom stereocenters. The molecule has 0 radical (unpaired) electrons. The van der Waals surface area contributed by atoms with E-state index in [1.54, 1.807) is 0 Å². The lowest BCUT2D eigenvalue weighted by Gasteiger charge is -2.09. The predicted molar refractivity (Wildman–Crippen MR) is 67.2 cm³/mol. The largest absolute Gasteiger partial charge is 0.355 e. The van der Waals surface area contributed by atoms with Crippen molar-refractivity contribution in [2.24, 2.45) is 5.92 Å². The van der Waals surface area contributed by atoms with Gasteiger partial charge in [0.15, 0.2) is 17.5 Å². The van der Waals surface area contributed by atoms with Crippen LogP contribution < -0.4 is 10.0 Å². The number of nitrogens with one attached hydrogen (secondary N) is 2. The highest BCUT2D eigenvalue weighted by Gasteiger charge is 2.29. The van der Waals surface area contributed by atoms with Crippen molar-refractivity contribution in [1.82, 2.24) is 10.0 Å². The van der Waals surface area contributed by atoms with Crippen molar-refractivity contribution >= 4 is 15.9 Å². The van der Waals surface area contributed by atoms with Crippen LogP contribution in [0.4, 0.5) is 13.2 Å². The molecule has 1 aliphatic carbocycles. The summed E-state index contributed by atoms with van der Waals surface area (Å²) in [5.41, 5.74) is 0. The number of carbonyl (C=O) groups is 1. The van der Waals surface area contributed by atoms with Gasteiger partial charge in [-0.25, -0.2) is 26.3 Å². The molecule has 9 heteroatoms. The summed E-state index contributed by atoms with van der Waals surface area (Å²) >= 11 is 0. The van der Waals surface area contributed by atoms with Gasteiger partial charge < -0.3 is 5.32 Å². The highest BCUT2D eigenvalue weighted by molar-refractivity contribution is 7.89. The third kappa shape index (κ3) is 3.73. The summed E-state index contributed by atoms with van der Waals surface area (Å²) in [6.45, 7) is -0.154. The Morgan fingerprint density at radius 1 is 1.14 bits per heavy atom. The zero-order valence-corrected chi connectivity index (χ0v) is 11.6. The average molecular weight is 322 g/mol. The summed E-state index contributed by atoms with van der Waals surface area (Å²) in [5, 5.41) is 2.51. The zero-order chi connectivity index (χ0) is 15.6. The predicted octanol–water partition coefficient (Wildman–Crippen LogP) is 0.908. The molecule has 5 nitrogen and oxygen atoms in total. The van der Waals surface area contributed by atoms with Crippen molar-refractivity contribution in [3.8, 4) is 0 Å². The first-order chi connectivity index (χ1) is 9.83. The van der Waals surface area contributed by atoms with Gasteiger partial charge in [-0.2, -0.15) is 0 Å². The van der Waals surface area contributed by atoms with Crippen LogP contribution >= 0.6 is 0 Å². The molecule has 0 aliphatic heterocycles. The van der Waals surface area contributed by atoms with Gasteiger partial charge in [0.25, 0.3) is 0 Å². The second kappa shape index (κ2) is 6.02. The Morgan fingerprint density at radius 2 is 1.81 bits per heavy atom. The van der Waals surface area contributed by atoms with Gasteiger partial charge in [-0.15, -0.1) is 0 Å². The smallest absolute Gasteiger partial charge is 0.243 e. The summed E-state index contributed by atoms with van der Waals surface area (Å²) in [4.78, 5) is 10.3. The van der Waals surface area contributed by atoms with Gasteiger partial charge in [0.1, 0.15) is 4.90 Å². The summed E-state index contributed by atoms with van der Waals surface area (Å²) in [6, 6.07) is 1.17. The van der Waals surface area contributed by atoms with Gasteiger partial charge in [-0.3, -0.25) is 4.79 Å². The van der Waals surface area contributed by atoms with E-state index in [0.29, 0.717) is 12.1 Å².